The lowest BCUT2D eigenvalue weighted by molar-refractivity contribution is 0.584. The minimum atomic E-state index is -3.48. The third-order valence-corrected chi connectivity index (χ3v) is 4.05. The highest BCUT2D eigenvalue weighted by Gasteiger charge is 2.17. The number of hydrogen-bond acceptors (Lipinski definition) is 3. The SMILES string of the molecule is C#CC(CC)Nc1ccccc1S(=O)(=O)NCC. The summed E-state index contributed by atoms with van der Waals surface area (Å²) in [6.07, 6.45) is 6.10. The number of hydrogen-bond donors (Lipinski definition) is 2. The van der Waals surface area contributed by atoms with Gasteiger partial charge < -0.3 is 5.32 Å². The van der Waals surface area contributed by atoms with Gasteiger partial charge in [0.25, 0.3) is 0 Å². The van der Waals surface area contributed by atoms with Gasteiger partial charge in [0.1, 0.15) is 4.90 Å². The molecule has 0 amide bonds. The van der Waals surface area contributed by atoms with E-state index in [0.29, 0.717) is 12.2 Å². The molecule has 18 heavy (non-hydrogen) atoms. The van der Waals surface area contributed by atoms with Crippen LogP contribution in [-0.4, -0.2) is 21.0 Å². The summed E-state index contributed by atoms with van der Waals surface area (Å²) in [4.78, 5) is 0.223. The fraction of sp³-hybridized carbons (Fsp3) is 0.385. The minimum absolute atomic E-state index is 0.178. The summed E-state index contributed by atoms with van der Waals surface area (Å²) in [6.45, 7) is 4.03. The zero-order valence-electron chi connectivity index (χ0n) is 10.6. The van der Waals surface area contributed by atoms with Gasteiger partial charge in [0.15, 0.2) is 0 Å². The second-order valence-electron chi connectivity index (χ2n) is 3.77. The van der Waals surface area contributed by atoms with Gasteiger partial charge >= 0.3 is 0 Å². The van der Waals surface area contributed by atoms with Gasteiger partial charge in [0.05, 0.1) is 11.7 Å². The third kappa shape index (κ3) is 3.49. The second-order valence-corrected chi connectivity index (χ2v) is 5.50. The van der Waals surface area contributed by atoms with Gasteiger partial charge in [-0.05, 0) is 18.6 Å². The van der Waals surface area contributed by atoms with Crippen molar-refractivity contribution in [2.75, 3.05) is 11.9 Å². The molecule has 1 atom stereocenters. The van der Waals surface area contributed by atoms with Crippen molar-refractivity contribution in [1.29, 1.82) is 0 Å². The monoisotopic (exact) mass is 266 g/mol. The van der Waals surface area contributed by atoms with E-state index >= 15 is 0 Å². The molecule has 2 N–H and O–H groups in total. The van der Waals surface area contributed by atoms with E-state index in [1.54, 1.807) is 31.2 Å². The predicted octanol–water partition coefficient (Wildman–Crippen LogP) is 1.81. The van der Waals surface area contributed by atoms with Gasteiger partial charge in [-0.25, -0.2) is 13.1 Å². The Morgan fingerprint density at radius 3 is 2.56 bits per heavy atom. The Hall–Kier alpha value is -1.51. The fourth-order valence-corrected chi connectivity index (χ4v) is 2.75. The molecule has 98 valence electrons. The molecule has 0 aliphatic heterocycles. The number of benzene rings is 1. The number of terminal acetylenes is 1. The molecule has 0 aliphatic rings. The summed E-state index contributed by atoms with van der Waals surface area (Å²) in [5, 5.41) is 3.06. The Morgan fingerprint density at radius 2 is 2.00 bits per heavy atom. The summed E-state index contributed by atoms with van der Waals surface area (Å²) in [5.41, 5.74) is 0.531. The average molecular weight is 266 g/mol. The molecule has 0 aromatic heterocycles. The van der Waals surface area contributed by atoms with E-state index in [-0.39, 0.29) is 10.9 Å². The number of anilines is 1. The first-order valence-corrected chi connectivity index (χ1v) is 7.34. The minimum Gasteiger partial charge on any atom is -0.370 e. The maximum Gasteiger partial charge on any atom is 0.242 e. The van der Waals surface area contributed by atoms with Crippen LogP contribution in [0.1, 0.15) is 20.3 Å². The molecule has 1 aromatic carbocycles. The first kappa shape index (κ1) is 14.6. The van der Waals surface area contributed by atoms with Crippen molar-refractivity contribution >= 4 is 15.7 Å². The standard InChI is InChI=1S/C13H18N2O2S/c1-4-11(5-2)15-12-9-7-8-10-13(12)18(16,17)14-6-3/h1,7-11,14-15H,5-6H2,2-3H3. The lowest BCUT2D eigenvalue weighted by Crippen LogP contribution is -2.25. The van der Waals surface area contributed by atoms with E-state index in [1.807, 2.05) is 6.92 Å². The molecule has 0 bridgehead atoms. The van der Waals surface area contributed by atoms with E-state index in [0.717, 1.165) is 6.42 Å². The van der Waals surface area contributed by atoms with Crippen molar-refractivity contribution in [2.45, 2.75) is 31.2 Å². The maximum atomic E-state index is 12.0. The molecule has 4 nitrogen and oxygen atoms in total. The molecule has 0 fully saturated rings. The summed E-state index contributed by atoms with van der Waals surface area (Å²) in [6, 6.07) is 6.55. The zero-order chi connectivity index (χ0) is 13.6. The highest BCUT2D eigenvalue weighted by atomic mass is 32.2. The van der Waals surface area contributed by atoms with Crippen LogP contribution in [0.25, 0.3) is 0 Å². The zero-order valence-corrected chi connectivity index (χ0v) is 11.4. The quantitative estimate of drug-likeness (QED) is 0.772. The Kier molecular flexibility index (Phi) is 5.20. The molecule has 1 rings (SSSR count). The topological polar surface area (TPSA) is 58.2 Å². The van der Waals surface area contributed by atoms with Crippen LogP contribution in [0.2, 0.25) is 0 Å². The highest BCUT2D eigenvalue weighted by Crippen LogP contribution is 2.21. The molecule has 0 saturated carbocycles. The largest absolute Gasteiger partial charge is 0.370 e. The van der Waals surface area contributed by atoms with E-state index in [9.17, 15) is 8.42 Å². The Bertz CT molecular complexity index is 532. The van der Waals surface area contributed by atoms with E-state index in [2.05, 4.69) is 16.0 Å². The van der Waals surface area contributed by atoms with Crippen molar-refractivity contribution in [3.05, 3.63) is 24.3 Å². The maximum absolute atomic E-state index is 12.0. The third-order valence-electron chi connectivity index (χ3n) is 2.45. The highest BCUT2D eigenvalue weighted by molar-refractivity contribution is 7.89. The average Bonchev–Trinajstić information content (AvgIpc) is 2.36. The van der Waals surface area contributed by atoms with Crippen LogP contribution in [0.3, 0.4) is 0 Å². The fourth-order valence-electron chi connectivity index (χ4n) is 1.54. The number of para-hydroxylation sites is 1. The first-order chi connectivity index (χ1) is 8.55. The molecule has 1 aromatic rings. The molecule has 0 heterocycles. The summed E-state index contributed by atoms with van der Waals surface area (Å²) in [7, 11) is -3.48. The van der Waals surface area contributed by atoms with Gasteiger partial charge in [0, 0.05) is 6.54 Å². The van der Waals surface area contributed by atoms with Crippen LogP contribution in [0, 0.1) is 12.3 Å². The normalized spacial score (nSPS) is 12.7. The van der Waals surface area contributed by atoms with Crippen LogP contribution in [-0.2, 0) is 10.0 Å². The van der Waals surface area contributed by atoms with Crippen molar-refractivity contribution < 1.29 is 8.42 Å². The van der Waals surface area contributed by atoms with Crippen molar-refractivity contribution in [1.82, 2.24) is 4.72 Å². The van der Waals surface area contributed by atoms with Crippen LogP contribution < -0.4 is 10.0 Å². The van der Waals surface area contributed by atoms with Gasteiger partial charge in [-0.1, -0.05) is 31.9 Å². The molecule has 0 aliphatic carbocycles. The van der Waals surface area contributed by atoms with E-state index in [1.165, 1.54) is 0 Å². The van der Waals surface area contributed by atoms with Gasteiger partial charge in [-0.15, -0.1) is 6.42 Å². The summed E-state index contributed by atoms with van der Waals surface area (Å²) in [5.74, 6) is 2.58. The lowest BCUT2D eigenvalue weighted by atomic mass is 10.2. The number of sulfonamides is 1. The molecule has 5 heteroatoms. The first-order valence-electron chi connectivity index (χ1n) is 5.86. The van der Waals surface area contributed by atoms with Gasteiger partial charge in [-0.3, -0.25) is 0 Å². The van der Waals surface area contributed by atoms with E-state index < -0.39 is 10.0 Å². The second kappa shape index (κ2) is 6.43. The van der Waals surface area contributed by atoms with Crippen molar-refractivity contribution in [3.8, 4) is 12.3 Å². The number of nitrogens with one attached hydrogen (secondary N) is 2. The molecule has 0 saturated heterocycles. The molecular weight excluding hydrogens is 248 g/mol. The van der Waals surface area contributed by atoms with Crippen LogP contribution in [0.15, 0.2) is 29.2 Å². The Morgan fingerprint density at radius 1 is 1.33 bits per heavy atom. The molecule has 1 unspecified atom stereocenters. The van der Waals surface area contributed by atoms with Crippen LogP contribution in [0.5, 0.6) is 0 Å². The Balaban J connectivity index is 3.12. The van der Waals surface area contributed by atoms with Crippen molar-refractivity contribution in [2.24, 2.45) is 0 Å². The molecule has 0 spiro atoms. The Labute approximate surface area is 109 Å². The predicted molar refractivity (Wildman–Crippen MR) is 73.8 cm³/mol. The lowest BCUT2D eigenvalue weighted by Gasteiger charge is -2.16. The van der Waals surface area contributed by atoms with Crippen LogP contribution >= 0.6 is 0 Å². The van der Waals surface area contributed by atoms with Crippen LogP contribution in [0.4, 0.5) is 5.69 Å². The van der Waals surface area contributed by atoms with E-state index in [4.69, 9.17) is 6.42 Å². The molecular formula is C13H18N2O2S. The van der Waals surface area contributed by atoms with Gasteiger partial charge in [0.2, 0.25) is 10.0 Å². The molecule has 0 radical (unpaired) electrons. The smallest absolute Gasteiger partial charge is 0.242 e. The number of rotatable bonds is 6. The van der Waals surface area contributed by atoms with Gasteiger partial charge in [-0.2, -0.15) is 0 Å². The van der Waals surface area contributed by atoms with Crippen molar-refractivity contribution in [3.63, 3.8) is 0 Å². The summed E-state index contributed by atoms with van der Waals surface area (Å²) >= 11 is 0. The summed E-state index contributed by atoms with van der Waals surface area (Å²) < 4.78 is 26.5.